The Morgan fingerprint density at radius 3 is 2.41 bits per heavy atom. The summed E-state index contributed by atoms with van der Waals surface area (Å²) < 4.78 is 0. The maximum Gasteiger partial charge on any atom is 0.226 e. The van der Waals surface area contributed by atoms with Crippen molar-refractivity contribution in [3.63, 3.8) is 0 Å². The molecule has 2 aliphatic rings. The predicted molar refractivity (Wildman–Crippen MR) is 72.1 cm³/mol. The molecule has 2 aliphatic carbocycles. The molecule has 2 fully saturated rings. The Labute approximate surface area is 110 Å². The van der Waals surface area contributed by atoms with E-state index in [-0.39, 0.29) is 29.8 Å². The molecule has 2 rings (SSSR count). The van der Waals surface area contributed by atoms with E-state index in [1.807, 2.05) is 0 Å². The maximum atomic E-state index is 12.0. The van der Waals surface area contributed by atoms with Crippen LogP contribution in [0.4, 0.5) is 0 Å². The lowest BCUT2D eigenvalue weighted by atomic mass is 9.83. The van der Waals surface area contributed by atoms with Crippen LogP contribution in [0.3, 0.4) is 0 Å². The molecular weight excluding hydrogens is 236 g/mol. The van der Waals surface area contributed by atoms with Gasteiger partial charge in [0, 0.05) is 18.0 Å². The number of halogens is 1. The zero-order valence-corrected chi connectivity index (χ0v) is 11.5. The molecule has 17 heavy (non-hydrogen) atoms. The molecule has 0 radical (unpaired) electrons. The van der Waals surface area contributed by atoms with Gasteiger partial charge in [-0.05, 0) is 31.6 Å². The summed E-state index contributed by atoms with van der Waals surface area (Å²) in [6, 6.07) is 0.213. The predicted octanol–water partition coefficient (Wildman–Crippen LogP) is 2.23. The van der Waals surface area contributed by atoms with E-state index in [9.17, 15) is 4.79 Å². The molecule has 1 amide bonds. The van der Waals surface area contributed by atoms with Gasteiger partial charge in [0.05, 0.1) is 0 Å². The summed E-state index contributed by atoms with van der Waals surface area (Å²) in [4.78, 5) is 12.0. The Morgan fingerprint density at radius 1 is 1.35 bits per heavy atom. The average Bonchev–Trinajstić information content (AvgIpc) is 3.06. The van der Waals surface area contributed by atoms with Crippen LogP contribution >= 0.6 is 12.4 Å². The van der Waals surface area contributed by atoms with Crippen LogP contribution in [-0.2, 0) is 4.79 Å². The zero-order chi connectivity index (χ0) is 11.6. The highest BCUT2D eigenvalue weighted by Gasteiger charge is 2.45. The minimum atomic E-state index is -0.0674. The molecule has 1 unspecified atom stereocenters. The average molecular weight is 261 g/mol. The van der Waals surface area contributed by atoms with E-state index in [2.05, 4.69) is 12.2 Å². The largest absolute Gasteiger partial charge is 0.351 e. The summed E-state index contributed by atoms with van der Waals surface area (Å²) >= 11 is 0. The van der Waals surface area contributed by atoms with Gasteiger partial charge in [-0.3, -0.25) is 4.79 Å². The van der Waals surface area contributed by atoms with Gasteiger partial charge in [0.25, 0.3) is 0 Å². The van der Waals surface area contributed by atoms with Crippen molar-refractivity contribution in [3.05, 3.63) is 0 Å². The van der Waals surface area contributed by atoms with Crippen LogP contribution in [0, 0.1) is 11.3 Å². The summed E-state index contributed by atoms with van der Waals surface area (Å²) in [7, 11) is 0. The Bertz CT molecular complexity index is 260. The molecule has 100 valence electrons. The molecule has 0 bridgehead atoms. The first-order chi connectivity index (χ1) is 7.65. The number of carbonyl (C=O) groups is 1. The van der Waals surface area contributed by atoms with E-state index in [0.29, 0.717) is 12.5 Å². The smallest absolute Gasteiger partial charge is 0.226 e. The molecule has 0 spiro atoms. The number of hydrogen-bond acceptors (Lipinski definition) is 2. The van der Waals surface area contributed by atoms with Gasteiger partial charge in [-0.15, -0.1) is 12.4 Å². The second-order valence-electron chi connectivity index (χ2n) is 5.77. The fourth-order valence-electron chi connectivity index (χ4n) is 2.66. The van der Waals surface area contributed by atoms with Crippen LogP contribution in [0.5, 0.6) is 0 Å². The number of amides is 1. The SMILES string of the molecule is CC1(C(=O)NC(CN)C2CCCCC2)CC1.Cl. The van der Waals surface area contributed by atoms with E-state index in [4.69, 9.17) is 5.73 Å². The van der Waals surface area contributed by atoms with Crippen molar-refractivity contribution in [1.82, 2.24) is 5.32 Å². The van der Waals surface area contributed by atoms with Crippen LogP contribution in [0.1, 0.15) is 51.9 Å². The van der Waals surface area contributed by atoms with E-state index in [1.54, 1.807) is 0 Å². The first-order valence-corrected chi connectivity index (χ1v) is 6.67. The van der Waals surface area contributed by atoms with Gasteiger partial charge in [0.15, 0.2) is 0 Å². The van der Waals surface area contributed by atoms with E-state index in [1.165, 1.54) is 32.1 Å². The highest BCUT2D eigenvalue weighted by Crippen LogP contribution is 2.45. The van der Waals surface area contributed by atoms with E-state index in [0.717, 1.165) is 12.8 Å². The third kappa shape index (κ3) is 3.59. The fourth-order valence-corrected chi connectivity index (χ4v) is 2.66. The summed E-state index contributed by atoms with van der Waals surface area (Å²) in [6.45, 7) is 2.64. The lowest BCUT2D eigenvalue weighted by molar-refractivity contribution is -0.126. The van der Waals surface area contributed by atoms with Gasteiger partial charge >= 0.3 is 0 Å². The molecule has 2 saturated carbocycles. The molecule has 0 heterocycles. The lowest BCUT2D eigenvalue weighted by Gasteiger charge is -2.30. The molecule has 3 nitrogen and oxygen atoms in total. The Balaban J connectivity index is 0.00000144. The molecule has 0 aromatic heterocycles. The molecule has 4 heteroatoms. The lowest BCUT2D eigenvalue weighted by Crippen LogP contribution is -2.48. The second-order valence-corrected chi connectivity index (χ2v) is 5.77. The van der Waals surface area contributed by atoms with Crippen molar-refractivity contribution in [2.45, 2.75) is 57.9 Å². The van der Waals surface area contributed by atoms with Crippen molar-refractivity contribution in [2.75, 3.05) is 6.54 Å². The van der Waals surface area contributed by atoms with Crippen LogP contribution in [0.15, 0.2) is 0 Å². The highest BCUT2D eigenvalue weighted by atomic mass is 35.5. The van der Waals surface area contributed by atoms with Gasteiger partial charge in [-0.2, -0.15) is 0 Å². The van der Waals surface area contributed by atoms with Crippen molar-refractivity contribution in [2.24, 2.45) is 17.1 Å². The number of nitrogens with one attached hydrogen (secondary N) is 1. The summed E-state index contributed by atoms with van der Waals surface area (Å²) in [6.07, 6.45) is 8.50. The van der Waals surface area contributed by atoms with Gasteiger partial charge in [-0.1, -0.05) is 26.2 Å². The number of hydrogen-bond donors (Lipinski definition) is 2. The van der Waals surface area contributed by atoms with Crippen LogP contribution < -0.4 is 11.1 Å². The van der Waals surface area contributed by atoms with Crippen LogP contribution in [-0.4, -0.2) is 18.5 Å². The molecular formula is C13H25ClN2O. The zero-order valence-electron chi connectivity index (χ0n) is 10.7. The van der Waals surface area contributed by atoms with Crippen molar-refractivity contribution < 1.29 is 4.79 Å². The first-order valence-electron chi connectivity index (χ1n) is 6.67. The topological polar surface area (TPSA) is 55.1 Å². The molecule has 0 aromatic rings. The fraction of sp³-hybridized carbons (Fsp3) is 0.923. The van der Waals surface area contributed by atoms with Crippen LogP contribution in [0.25, 0.3) is 0 Å². The van der Waals surface area contributed by atoms with Crippen molar-refractivity contribution >= 4 is 18.3 Å². The molecule has 3 N–H and O–H groups in total. The van der Waals surface area contributed by atoms with Gasteiger partial charge in [-0.25, -0.2) is 0 Å². The standard InChI is InChI=1S/C13H24N2O.ClH/c1-13(7-8-13)12(16)15-11(9-14)10-5-3-2-4-6-10;/h10-11H,2-9,14H2,1H3,(H,15,16);1H. The van der Waals surface area contributed by atoms with Gasteiger partial charge in [0.1, 0.15) is 0 Å². The van der Waals surface area contributed by atoms with E-state index < -0.39 is 0 Å². The molecule has 0 aliphatic heterocycles. The normalized spacial score (nSPS) is 24.6. The van der Waals surface area contributed by atoms with E-state index >= 15 is 0 Å². The number of rotatable bonds is 4. The Morgan fingerprint density at radius 2 is 1.94 bits per heavy atom. The summed E-state index contributed by atoms with van der Waals surface area (Å²) in [5.41, 5.74) is 5.73. The first kappa shape index (κ1) is 14.8. The van der Waals surface area contributed by atoms with Crippen molar-refractivity contribution in [3.8, 4) is 0 Å². The third-order valence-corrected chi connectivity index (χ3v) is 4.34. The minimum absolute atomic E-state index is 0. The second kappa shape index (κ2) is 6.05. The van der Waals surface area contributed by atoms with Gasteiger partial charge < -0.3 is 11.1 Å². The summed E-state index contributed by atoms with van der Waals surface area (Å²) in [5, 5.41) is 3.17. The maximum absolute atomic E-state index is 12.0. The number of nitrogens with two attached hydrogens (primary N) is 1. The molecule has 0 aromatic carbocycles. The quantitative estimate of drug-likeness (QED) is 0.815. The Kier molecular flexibility index (Phi) is 5.26. The van der Waals surface area contributed by atoms with Crippen molar-refractivity contribution in [1.29, 1.82) is 0 Å². The van der Waals surface area contributed by atoms with Crippen LogP contribution in [0.2, 0.25) is 0 Å². The molecule has 1 atom stereocenters. The highest BCUT2D eigenvalue weighted by molar-refractivity contribution is 5.85. The number of carbonyl (C=O) groups excluding carboxylic acids is 1. The third-order valence-electron chi connectivity index (χ3n) is 4.34. The Hall–Kier alpha value is -0.280. The summed E-state index contributed by atoms with van der Waals surface area (Å²) in [5.74, 6) is 0.846. The van der Waals surface area contributed by atoms with Gasteiger partial charge in [0.2, 0.25) is 5.91 Å². The molecule has 0 saturated heterocycles. The minimum Gasteiger partial charge on any atom is -0.351 e. The monoisotopic (exact) mass is 260 g/mol.